The maximum Gasteiger partial charge on any atom is 0.328 e. The summed E-state index contributed by atoms with van der Waals surface area (Å²) in [5.41, 5.74) is 0.168. The third-order valence-corrected chi connectivity index (χ3v) is 3.49. The highest BCUT2D eigenvalue weighted by atomic mass is 79.9. The van der Waals surface area contributed by atoms with E-state index in [1.165, 1.54) is 18.0 Å². The Balaban J connectivity index is 3.08. The molecule has 0 bridgehead atoms. The van der Waals surface area contributed by atoms with Crippen LogP contribution in [0, 0.1) is 5.92 Å². The summed E-state index contributed by atoms with van der Waals surface area (Å²) in [5.74, 6) is -0.382. The lowest BCUT2D eigenvalue weighted by Gasteiger charge is -2.21. The van der Waals surface area contributed by atoms with Gasteiger partial charge in [-0.2, -0.15) is 5.10 Å². The van der Waals surface area contributed by atoms with E-state index in [0.29, 0.717) is 16.7 Å². The van der Waals surface area contributed by atoms with Gasteiger partial charge in [-0.15, -0.1) is 6.58 Å². The van der Waals surface area contributed by atoms with E-state index < -0.39 is 6.04 Å². The SMILES string of the molecule is C=CCn1ncc(NC(C(=O)OC)C(C)C)c(Br)c1=O. The quantitative estimate of drug-likeness (QED) is 0.629. The van der Waals surface area contributed by atoms with Crippen LogP contribution in [0.25, 0.3) is 0 Å². The van der Waals surface area contributed by atoms with Crippen molar-refractivity contribution in [2.45, 2.75) is 26.4 Å². The molecule has 6 nitrogen and oxygen atoms in total. The molecule has 0 fully saturated rings. The number of carbonyl (C=O) groups excluding carboxylic acids is 1. The van der Waals surface area contributed by atoms with Crippen LogP contribution in [0.3, 0.4) is 0 Å². The molecule has 0 aromatic carbocycles. The first-order chi connectivity index (χ1) is 9.42. The highest BCUT2D eigenvalue weighted by molar-refractivity contribution is 9.10. The van der Waals surface area contributed by atoms with E-state index in [1.807, 2.05) is 13.8 Å². The Bertz CT molecular complexity index is 554. The van der Waals surface area contributed by atoms with Crippen LogP contribution in [0.1, 0.15) is 13.8 Å². The Kier molecular flexibility index (Phi) is 5.94. The van der Waals surface area contributed by atoms with Gasteiger partial charge in [0.25, 0.3) is 5.56 Å². The smallest absolute Gasteiger partial charge is 0.328 e. The Labute approximate surface area is 125 Å². The van der Waals surface area contributed by atoms with E-state index >= 15 is 0 Å². The van der Waals surface area contributed by atoms with E-state index in [9.17, 15) is 9.59 Å². The predicted octanol–water partition coefficient (Wildman–Crippen LogP) is 1.80. The lowest BCUT2D eigenvalue weighted by Crippen LogP contribution is -2.36. The van der Waals surface area contributed by atoms with Crippen molar-refractivity contribution in [2.75, 3.05) is 12.4 Å². The van der Waals surface area contributed by atoms with Gasteiger partial charge in [-0.25, -0.2) is 9.48 Å². The van der Waals surface area contributed by atoms with Crippen LogP contribution in [0.5, 0.6) is 0 Å². The van der Waals surface area contributed by atoms with Crippen LogP contribution >= 0.6 is 15.9 Å². The summed E-state index contributed by atoms with van der Waals surface area (Å²) in [6, 6.07) is -0.548. The molecule has 1 aromatic heterocycles. The van der Waals surface area contributed by atoms with Crippen LogP contribution < -0.4 is 10.9 Å². The Morgan fingerprint density at radius 3 is 2.80 bits per heavy atom. The number of hydrogen-bond acceptors (Lipinski definition) is 5. The topological polar surface area (TPSA) is 73.2 Å². The normalized spacial score (nSPS) is 12.1. The summed E-state index contributed by atoms with van der Waals surface area (Å²) in [4.78, 5) is 23.7. The zero-order valence-electron chi connectivity index (χ0n) is 11.7. The fourth-order valence-corrected chi connectivity index (χ4v) is 2.03. The maximum atomic E-state index is 12.0. The first kappa shape index (κ1) is 16.4. The molecular formula is C13H18BrN3O3. The Morgan fingerprint density at radius 2 is 2.30 bits per heavy atom. The Morgan fingerprint density at radius 1 is 1.65 bits per heavy atom. The summed E-state index contributed by atoms with van der Waals surface area (Å²) in [6.07, 6.45) is 3.08. The van der Waals surface area contributed by atoms with Crippen LogP contribution in [0.15, 0.2) is 28.1 Å². The molecule has 0 saturated heterocycles. The summed E-state index contributed by atoms with van der Waals surface area (Å²) in [5, 5.41) is 7.00. The standard InChI is InChI=1S/C13H18BrN3O3/c1-5-6-17-12(18)10(14)9(7-15-17)16-11(8(2)3)13(19)20-4/h5,7-8,11,16H,1,6H2,2-4H3. The third kappa shape index (κ3) is 3.69. The second-order valence-electron chi connectivity index (χ2n) is 4.54. The highest BCUT2D eigenvalue weighted by Gasteiger charge is 2.24. The second kappa shape index (κ2) is 7.23. The fourth-order valence-electron chi connectivity index (χ4n) is 1.61. The number of rotatable bonds is 6. The van der Waals surface area contributed by atoms with E-state index in [2.05, 4.69) is 32.9 Å². The second-order valence-corrected chi connectivity index (χ2v) is 5.33. The molecule has 110 valence electrons. The summed E-state index contributed by atoms with van der Waals surface area (Å²) in [7, 11) is 1.33. The number of carbonyl (C=O) groups is 1. The molecule has 1 unspecified atom stereocenters. The largest absolute Gasteiger partial charge is 0.467 e. The van der Waals surface area contributed by atoms with Crippen molar-refractivity contribution < 1.29 is 9.53 Å². The lowest BCUT2D eigenvalue weighted by atomic mass is 10.0. The van der Waals surface area contributed by atoms with Crippen molar-refractivity contribution >= 4 is 27.6 Å². The molecule has 0 radical (unpaired) electrons. The van der Waals surface area contributed by atoms with Gasteiger partial charge in [0.15, 0.2) is 0 Å². The number of allylic oxidation sites excluding steroid dienone is 1. The first-order valence-corrected chi connectivity index (χ1v) is 6.92. The van der Waals surface area contributed by atoms with Gasteiger partial charge in [0.05, 0.1) is 25.5 Å². The number of anilines is 1. The summed E-state index contributed by atoms with van der Waals surface area (Å²) >= 11 is 3.23. The number of nitrogens with one attached hydrogen (secondary N) is 1. The van der Waals surface area contributed by atoms with Gasteiger partial charge >= 0.3 is 5.97 Å². The van der Waals surface area contributed by atoms with Crippen LogP contribution in [-0.2, 0) is 16.1 Å². The minimum Gasteiger partial charge on any atom is -0.467 e. The third-order valence-electron chi connectivity index (χ3n) is 2.72. The number of hydrogen-bond donors (Lipinski definition) is 1. The molecule has 1 atom stereocenters. The summed E-state index contributed by atoms with van der Waals surface area (Å²) in [6.45, 7) is 7.65. The number of methoxy groups -OCH3 is 1. The van der Waals surface area contributed by atoms with E-state index in [4.69, 9.17) is 4.74 Å². The Hall–Kier alpha value is -1.63. The van der Waals surface area contributed by atoms with Crippen LogP contribution in [0.4, 0.5) is 5.69 Å². The predicted molar refractivity (Wildman–Crippen MR) is 80.7 cm³/mol. The number of halogens is 1. The molecule has 0 saturated carbocycles. The molecule has 0 aliphatic carbocycles. The van der Waals surface area contributed by atoms with Gasteiger partial charge in [-0.05, 0) is 21.8 Å². The number of nitrogens with zero attached hydrogens (tertiary/aromatic N) is 2. The number of ether oxygens (including phenoxy) is 1. The molecule has 0 aliphatic rings. The van der Waals surface area contributed by atoms with Crippen molar-refractivity contribution in [3.05, 3.63) is 33.7 Å². The van der Waals surface area contributed by atoms with Crippen LogP contribution in [0.2, 0.25) is 0 Å². The van der Waals surface area contributed by atoms with Crippen molar-refractivity contribution in [3.63, 3.8) is 0 Å². The van der Waals surface area contributed by atoms with E-state index in [1.54, 1.807) is 6.08 Å². The first-order valence-electron chi connectivity index (χ1n) is 6.13. The molecule has 1 aromatic rings. The monoisotopic (exact) mass is 343 g/mol. The van der Waals surface area contributed by atoms with Crippen molar-refractivity contribution in [2.24, 2.45) is 5.92 Å². The molecule has 20 heavy (non-hydrogen) atoms. The van der Waals surface area contributed by atoms with Crippen molar-refractivity contribution in [1.82, 2.24) is 9.78 Å². The molecule has 1 rings (SSSR count). The molecule has 7 heteroatoms. The van der Waals surface area contributed by atoms with Crippen molar-refractivity contribution in [3.8, 4) is 0 Å². The van der Waals surface area contributed by atoms with Gasteiger partial charge in [-0.1, -0.05) is 19.9 Å². The van der Waals surface area contributed by atoms with Crippen molar-refractivity contribution in [1.29, 1.82) is 0 Å². The van der Waals surface area contributed by atoms with Gasteiger partial charge in [-0.3, -0.25) is 4.79 Å². The molecule has 0 aliphatic heterocycles. The summed E-state index contributed by atoms with van der Waals surface area (Å²) < 4.78 is 6.34. The van der Waals surface area contributed by atoms with Gasteiger partial charge < -0.3 is 10.1 Å². The van der Waals surface area contributed by atoms with Gasteiger partial charge in [0.1, 0.15) is 10.5 Å². The van der Waals surface area contributed by atoms with Gasteiger partial charge in [0, 0.05) is 0 Å². The minimum absolute atomic E-state index is 0.00459. The molecule has 0 spiro atoms. The van der Waals surface area contributed by atoms with E-state index in [0.717, 1.165) is 0 Å². The fraction of sp³-hybridized carbons (Fsp3) is 0.462. The minimum atomic E-state index is -0.548. The maximum absolute atomic E-state index is 12.0. The van der Waals surface area contributed by atoms with Crippen LogP contribution in [-0.4, -0.2) is 28.9 Å². The zero-order chi connectivity index (χ0) is 15.3. The van der Waals surface area contributed by atoms with Gasteiger partial charge in [0.2, 0.25) is 0 Å². The molecular weight excluding hydrogens is 326 g/mol. The van der Waals surface area contributed by atoms with E-state index in [-0.39, 0.29) is 17.4 Å². The zero-order valence-corrected chi connectivity index (χ0v) is 13.3. The average molecular weight is 344 g/mol. The average Bonchev–Trinajstić information content (AvgIpc) is 2.42. The molecule has 1 heterocycles. The number of esters is 1. The molecule has 0 amide bonds. The lowest BCUT2D eigenvalue weighted by molar-refractivity contribution is -0.142. The molecule has 1 N–H and O–H groups in total. The number of aromatic nitrogens is 2. The highest BCUT2D eigenvalue weighted by Crippen LogP contribution is 2.19.